The van der Waals surface area contributed by atoms with Crippen molar-refractivity contribution in [3.05, 3.63) is 71.0 Å². The van der Waals surface area contributed by atoms with Crippen LogP contribution in [0, 0.1) is 11.2 Å². The van der Waals surface area contributed by atoms with E-state index in [1.807, 2.05) is 13.8 Å². The molecular formula is C21H24ClFN2O2. The van der Waals surface area contributed by atoms with Gasteiger partial charge in [0.15, 0.2) is 5.78 Å². The van der Waals surface area contributed by atoms with Gasteiger partial charge < -0.3 is 10.6 Å². The summed E-state index contributed by atoms with van der Waals surface area (Å²) in [6.45, 7) is 5.22. The summed E-state index contributed by atoms with van der Waals surface area (Å²) in [5.74, 6) is -0.865. The van der Waals surface area contributed by atoms with Crippen LogP contribution in [0.5, 0.6) is 0 Å². The van der Waals surface area contributed by atoms with Crippen molar-refractivity contribution >= 4 is 24.1 Å². The Balaban J connectivity index is 0.00000261. The van der Waals surface area contributed by atoms with Crippen LogP contribution in [0.3, 0.4) is 0 Å². The number of amides is 1. The number of hydrogen-bond acceptors (Lipinski definition) is 3. The predicted molar refractivity (Wildman–Crippen MR) is 106 cm³/mol. The van der Waals surface area contributed by atoms with E-state index in [1.54, 1.807) is 29.2 Å². The lowest BCUT2D eigenvalue weighted by molar-refractivity contribution is 0.0531. The highest BCUT2D eigenvalue weighted by atomic mass is 35.5. The number of ketones is 1. The van der Waals surface area contributed by atoms with Crippen LogP contribution in [0.4, 0.5) is 4.39 Å². The van der Waals surface area contributed by atoms with Crippen molar-refractivity contribution in [2.75, 3.05) is 13.1 Å². The lowest BCUT2D eigenvalue weighted by atomic mass is 9.79. The summed E-state index contributed by atoms with van der Waals surface area (Å²) >= 11 is 0. The molecule has 0 spiro atoms. The Kier molecular flexibility index (Phi) is 6.39. The van der Waals surface area contributed by atoms with E-state index in [0.29, 0.717) is 29.8 Å². The van der Waals surface area contributed by atoms with E-state index in [9.17, 15) is 14.0 Å². The Labute approximate surface area is 165 Å². The molecule has 1 heterocycles. The van der Waals surface area contributed by atoms with Crippen molar-refractivity contribution < 1.29 is 14.0 Å². The molecule has 0 aromatic heterocycles. The molecule has 3 rings (SSSR count). The lowest BCUT2D eigenvalue weighted by Crippen LogP contribution is -2.54. The van der Waals surface area contributed by atoms with Crippen molar-refractivity contribution in [1.82, 2.24) is 4.90 Å². The third kappa shape index (κ3) is 4.37. The smallest absolute Gasteiger partial charge is 0.254 e. The zero-order chi connectivity index (χ0) is 18.9. The Hall–Kier alpha value is -2.24. The molecule has 0 radical (unpaired) electrons. The molecule has 1 saturated heterocycles. The third-order valence-electron chi connectivity index (χ3n) is 5.11. The highest BCUT2D eigenvalue weighted by Crippen LogP contribution is 2.29. The zero-order valence-electron chi connectivity index (χ0n) is 15.4. The van der Waals surface area contributed by atoms with Gasteiger partial charge >= 0.3 is 0 Å². The summed E-state index contributed by atoms with van der Waals surface area (Å²) in [6, 6.07) is 12.2. The standard InChI is InChI=1S/C21H23FN2O2.ClH/c1-21(2)13-24(12-11-18(21)23)20(26)17-6-4-3-5-16(17)19(25)14-7-9-15(22)10-8-14;/h3-10,18H,11-13,23H2,1-2H3;1H. The van der Waals surface area contributed by atoms with Gasteiger partial charge in [0.1, 0.15) is 5.82 Å². The summed E-state index contributed by atoms with van der Waals surface area (Å²) in [5, 5.41) is 0. The molecule has 0 saturated carbocycles. The van der Waals surface area contributed by atoms with E-state index in [1.165, 1.54) is 24.3 Å². The molecule has 0 aliphatic carbocycles. The first kappa shape index (κ1) is 21.1. The van der Waals surface area contributed by atoms with Gasteiger partial charge in [-0.3, -0.25) is 9.59 Å². The van der Waals surface area contributed by atoms with Crippen LogP contribution in [0.15, 0.2) is 48.5 Å². The van der Waals surface area contributed by atoms with Crippen LogP contribution < -0.4 is 5.73 Å². The average molecular weight is 391 g/mol. The van der Waals surface area contributed by atoms with Crippen molar-refractivity contribution in [1.29, 1.82) is 0 Å². The van der Waals surface area contributed by atoms with Crippen LogP contribution >= 0.6 is 12.4 Å². The third-order valence-corrected chi connectivity index (χ3v) is 5.11. The second-order valence-electron chi connectivity index (χ2n) is 7.49. The monoisotopic (exact) mass is 390 g/mol. The number of likely N-dealkylation sites (tertiary alicyclic amines) is 1. The number of benzene rings is 2. The van der Waals surface area contributed by atoms with Crippen LogP contribution in [-0.2, 0) is 0 Å². The molecule has 1 unspecified atom stereocenters. The maximum Gasteiger partial charge on any atom is 0.254 e. The second kappa shape index (κ2) is 8.19. The molecule has 1 aliphatic heterocycles. The minimum atomic E-state index is -0.405. The summed E-state index contributed by atoms with van der Waals surface area (Å²) in [5.41, 5.74) is 7.03. The van der Waals surface area contributed by atoms with Gasteiger partial charge in [0.25, 0.3) is 5.91 Å². The Morgan fingerprint density at radius 3 is 2.26 bits per heavy atom. The fourth-order valence-corrected chi connectivity index (χ4v) is 3.34. The SMILES string of the molecule is CC1(C)CN(C(=O)c2ccccc2C(=O)c2ccc(F)cc2)CCC1N.Cl. The van der Waals surface area contributed by atoms with E-state index in [-0.39, 0.29) is 35.6 Å². The van der Waals surface area contributed by atoms with E-state index >= 15 is 0 Å². The van der Waals surface area contributed by atoms with E-state index < -0.39 is 5.82 Å². The zero-order valence-corrected chi connectivity index (χ0v) is 16.3. The Morgan fingerprint density at radius 2 is 1.67 bits per heavy atom. The van der Waals surface area contributed by atoms with Gasteiger partial charge in [-0.1, -0.05) is 32.0 Å². The molecule has 1 aliphatic rings. The van der Waals surface area contributed by atoms with Gasteiger partial charge in [-0.2, -0.15) is 0 Å². The minimum Gasteiger partial charge on any atom is -0.338 e. The van der Waals surface area contributed by atoms with Crippen LogP contribution in [0.25, 0.3) is 0 Å². The highest BCUT2D eigenvalue weighted by molar-refractivity contribution is 6.15. The molecule has 0 bridgehead atoms. The summed E-state index contributed by atoms with van der Waals surface area (Å²) in [6.07, 6.45) is 0.729. The van der Waals surface area contributed by atoms with Crippen LogP contribution in [0.2, 0.25) is 0 Å². The molecule has 2 aromatic rings. The molecule has 4 nitrogen and oxygen atoms in total. The first-order valence-electron chi connectivity index (χ1n) is 8.74. The van der Waals surface area contributed by atoms with Crippen molar-refractivity contribution in [2.45, 2.75) is 26.3 Å². The largest absolute Gasteiger partial charge is 0.338 e. The number of nitrogens with two attached hydrogens (primary N) is 1. The van der Waals surface area contributed by atoms with Crippen LogP contribution in [-0.4, -0.2) is 35.7 Å². The molecule has 1 amide bonds. The van der Waals surface area contributed by atoms with E-state index in [4.69, 9.17) is 5.73 Å². The number of rotatable bonds is 3. The van der Waals surface area contributed by atoms with Gasteiger partial charge in [-0.25, -0.2) is 4.39 Å². The first-order valence-corrected chi connectivity index (χ1v) is 8.74. The average Bonchev–Trinajstić information content (AvgIpc) is 2.63. The quantitative estimate of drug-likeness (QED) is 0.813. The fourth-order valence-electron chi connectivity index (χ4n) is 3.34. The fraction of sp³-hybridized carbons (Fsp3) is 0.333. The number of carbonyl (C=O) groups excluding carboxylic acids is 2. The summed E-state index contributed by atoms with van der Waals surface area (Å²) in [7, 11) is 0. The van der Waals surface area contributed by atoms with E-state index in [0.717, 1.165) is 6.42 Å². The summed E-state index contributed by atoms with van der Waals surface area (Å²) < 4.78 is 13.1. The number of halogens is 2. The van der Waals surface area contributed by atoms with E-state index in [2.05, 4.69) is 0 Å². The van der Waals surface area contributed by atoms with Gasteiger partial charge in [-0.15, -0.1) is 12.4 Å². The molecular weight excluding hydrogens is 367 g/mol. The predicted octanol–water partition coefficient (Wildman–Crippen LogP) is 3.68. The van der Waals surface area contributed by atoms with Crippen LogP contribution in [0.1, 0.15) is 46.5 Å². The lowest BCUT2D eigenvalue weighted by Gasteiger charge is -2.42. The molecule has 2 N–H and O–H groups in total. The molecule has 27 heavy (non-hydrogen) atoms. The van der Waals surface area contributed by atoms with Crippen molar-refractivity contribution in [2.24, 2.45) is 11.1 Å². The molecule has 1 atom stereocenters. The second-order valence-corrected chi connectivity index (χ2v) is 7.49. The highest BCUT2D eigenvalue weighted by Gasteiger charge is 2.36. The van der Waals surface area contributed by atoms with Gasteiger partial charge in [0, 0.05) is 30.3 Å². The minimum absolute atomic E-state index is 0. The van der Waals surface area contributed by atoms with Crippen molar-refractivity contribution in [3.8, 4) is 0 Å². The summed E-state index contributed by atoms with van der Waals surface area (Å²) in [4.78, 5) is 27.7. The number of nitrogens with zero attached hydrogens (tertiary/aromatic N) is 1. The molecule has 144 valence electrons. The Morgan fingerprint density at radius 1 is 1.07 bits per heavy atom. The number of carbonyl (C=O) groups is 2. The Bertz CT molecular complexity index is 836. The maximum atomic E-state index is 13.1. The van der Waals surface area contributed by atoms with Gasteiger partial charge in [0.2, 0.25) is 0 Å². The van der Waals surface area contributed by atoms with Gasteiger partial charge in [0.05, 0.1) is 5.56 Å². The topological polar surface area (TPSA) is 63.4 Å². The first-order chi connectivity index (χ1) is 12.3. The van der Waals surface area contributed by atoms with Gasteiger partial charge in [-0.05, 0) is 42.2 Å². The molecule has 6 heteroatoms. The maximum absolute atomic E-state index is 13.1. The molecule has 2 aromatic carbocycles. The normalized spacial score (nSPS) is 18.5. The number of hydrogen-bond donors (Lipinski definition) is 1. The van der Waals surface area contributed by atoms with Crippen molar-refractivity contribution in [3.63, 3.8) is 0 Å². The number of piperidine rings is 1. The molecule has 1 fully saturated rings.